The molecular weight excluding hydrogens is 324 g/mol. The summed E-state index contributed by atoms with van der Waals surface area (Å²) in [6, 6.07) is 13.8. The van der Waals surface area contributed by atoms with Crippen LogP contribution >= 0.6 is 12.2 Å². The Balaban J connectivity index is 2.11. The maximum absolute atomic E-state index is 12.9. The molecule has 24 heavy (non-hydrogen) atoms. The summed E-state index contributed by atoms with van der Waals surface area (Å²) in [4.78, 5) is 27.3. The predicted molar refractivity (Wildman–Crippen MR) is 95.5 cm³/mol. The van der Waals surface area contributed by atoms with Gasteiger partial charge in [0.05, 0.1) is 16.6 Å². The maximum atomic E-state index is 12.9. The fraction of sp³-hybridized carbons (Fsp3) is 0.0556. The number of hydrogen-bond donors (Lipinski definition) is 1. The number of benzene rings is 2. The largest absolute Gasteiger partial charge is 0.423 e. The topological polar surface area (TPSA) is 68.0 Å². The SMILES string of the molecule is Cc1cc2oc(=O)ccc2cc1-n1c(=S)[nH]c2ccccc2c1=O. The van der Waals surface area contributed by atoms with E-state index in [9.17, 15) is 9.59 Å². The number of H-pyrrole nitrogens is 1. The van der Waals surface area contributed by atoms with Crippen molar-refractivity contribution < 1.29 is 4.42 Å². The number of nitrogens with one attached hydrogen (secondary N) is 1. The highest BCUT2D eigenvalue weighted by Gasteiger charge is 2.11. The van der Waals surface area contributed by atoms with Crippen molar-refractivity contribution >= 4 is 34.1 Å². The van der Waals surface area contributed by atoms with Crippen molar-refractivity contribution in [1.82, 2.24) is 9.55 Å². The van der Waals surface area contributed by atoms with E-state index in [0.29, 0.717) is 26.9 Å². The lowest BCUT2D eigenvalue weighted by atomic mass is 10.1. The first-order valence-corrected chi connectivity index (χ1v) is 7.74. The number of rotatable bonds is 1. The Morgan fingerprint density at radius 2 is 1.88 bits per heavy atom. The Morgan fingerprint density at radius 1 is 1.08 bits per heavy atom. The first-order chi connectivity index (χ1) is 11.5. The molecule has 2 heterocycles. The first-order valence-electron chi connectivity index (χ1n) is 7.33. The van der Waals surface area contributed by atoms with Crippen LogP contribution in [-0.4, -0.2) is 9.55 Å². The van der Waals surface area contributed by atoms with Gasteiger partial charge in [-0.15, -0.1) is 0 Å². The van der Waals surface area contributed by atoms with E-state index in [1.54, 1.807) is 24.3 Å². The minimum absolute atomic E-state index is 0.186. The second kappa shape index (κ2) is 5.28. The average molecular weight is 336 g/mol. The summed E-state index contributed by atoms with van der Waals surface area (Å²) in [5.41, 5.74) is 2.03. The number of fused-ring (bicyclic) bond motifs is 2. The second-order valence-electron chi connectivity index (χ2n) is 5.55. The molecule has 5 nitrogen and oxygen atoms in total. The minimum Gasteiger partial charge on any atom is -0.423 e. The van der Waals surface area contributed by atoms with Gasteiger partial charge in [-0.05, 0) is 55.0 Å². The lowest BCUT2D eigenvalue weighted by molar-refractivity contribution is 0.560. The Hall–Kier alpha value is -2.99. The van der Waals surface area contributed by atoms with Crippen molar-refractivity contribution in [2.75, 3.05) is 0 Å². The van der Waals surface area contributed by atoms with Gasteiger partial charge in [0, 0.05) is 11.5 Å². The van der Waals surface area contributed by atoms with E-state index in [0.717, 1.165) is 10.9 Å². The number of aromatic nitrogens is 2. The molecule has 1 N–H and O–H groups in total. The summed E-state index contributed by atoms with van der Waals surface area (Å²) in [7, 11) is 0. The third kappa shape index (κ3) is 2.19. The van der Waals surface area contributed by atoms with Crippen LogP contribution < -0.4 is 11.2 Å². The molecule has 2 aromatic carbocycles. The lowest BCUT2D eigenvalue weighted by Crippen LogP contribution is -2.21. The van der Waals surface area contributed by atoms with Crippen LogP contribution in [0.15, 0.2) is 62.5 Å². The quantitative estimate of drug-likeness (QED) is 0.427. The average Bonchev–Trinajstić information content (AvgIpc) is 2.55. The fourth-order valence-corrected chi connectivity index (χ4v) is 3.12. The molecule has 0 aliphatic carbocycles. The number of hydrogen-bond acceptors (Lipinski definition) is 4. The third-order valence-electron chi connectivity index (χ3n) is 3.98. The molecule has 0 saturated carbocycles. The van der Waals surface area contributed by atoms with Crippen LogP contribution in [0.3, 0.4) is 0 Å². The van der Waals surface area contributed by atoms with Crippen LogP contribution in [0.4, 0.5) is 0 Å². The monoisotopic (exact) mass is 336 g/mol. The van der Waals surface area contributed by atoms with Gasteiger partial charge in [0.2, 0.25) is 0 Å². The zero-order valence-corrected chi connectivity index (χ0v) is 13.5. The molecule has 0 radical (unpaired) electrons. The van der Waals surface area contributed by atoms with E-state index in [1.165, 1.54) is 10.6 Å². The summed E-state index contributed by atoms with van der Waals surface area (Å²) < 4.78 is 6.98. The van der Waals surface area contributed by atoms with Crippen molar-refractivity contribution in [2.24, 2.45) is 0 Å². The van der Waals surface area contributed by atoms with E-state index in [-0.39, 0.29) is 5.56 Å². The van der Waals surface area contributed by atoms with Gasteiger partial charge in [-0.1, -0.05) is 12.1 Å². The molecule has 0 bridgehead atoms. The smallest absolute Gasteiger partial charge is 0.336 e. The van der Waals surface area contributed by atoms with E-state index in [2.05, 4.69) is 4.98 Å². The molecule has 4 rings (SSSR count). The number of para-hydroxylation sites is 1. The van der Waals surface area contributed by atoms with E-state index >= 15 is 0 Å². The van der Waals surface area contributed by atoms with Gasteiger partial charge in [0.1, 0.15) is 5.58 Å². The van der Waals surface area contributed by atoms with Gasteiger partial charge in [0.15, 0.2) is 4.77 Å². The summed E-state index contributed by atoms with van der Waals surface area (Å²) in [6.45, 7) is 1.85. The number of aryl methyl sites for hydroxylation is 1. The van der Waals surface area contributed by atoms with Crippen LogP contribution in [0.2, 0.25) is 0 Å². The second-order valence-corrected chi connectivity index (χ2v) is 5.93. The van der Waals surface area contributed by atoms with Crippen LogP contribution in [0.25, 0.3) is 27.6 Å². The molecule has 4 aromatic rings. The van der Waals surface area contributed by atoms with Crippen molar-refractivity contribution in [1.29, 1.82) is 0 Å². The minimum atomic E-state index is -0.408. The summed E-state index contributed by atoms with van der Waals surface area (Å²) in [6.07, 6.45) is 0. The fourth-order valence-electron chi connectivity index (χ4n) is 2.83. The highest BCUT2D eigenvalue weighted by Crippen LogP contribution is 2.21. The van der Waals surface area contributed by atoms with E-state index in [4.69, 9.17) is 16.6 Å². The van der Waals surface area contributed by atoms with Crippen LogP contribution in [0.1, 0.15) is 5.56 Å². The van der Waals surface area contributed by atoms with Gasteiger partial charge in [0.25, 0.3) is 5.56 Å². The molecule has 118 valence electrons. The lowest BCUT2D eigenvalue weighted by Gasteiger charge is -2.11. The molecular formula is C18H12N2O3S. The molecule has 0 atom stereocenters. The Morgan fingerprint density at radius 3 is 2.71 bits per heavy atom. The predicted octanol–water partition coefficient (Wildman–Crippen LogP) is 3.46. The maximum Gasteiger partial charge on any atom is 0.336 e. The molecule has 0 unspecified atom stereocenters. The Bertz CT molecular complexity index is 1280. The van der Waals surface area contributed by atoms with Crippen molar-refractivity contribution in [3.05, 3.63) is 79.6 Å². The molecule has 2 aromatic heterocycles. The Labute approximate surface area is 140 Å². The van der Waals surface area contributed by atoms with E-state index in [1.807, 2.05) is 25.1 Å². The van der Waals surface area contributed by atoms with Gasteiger partial charge in [-0.25, -0.2) is 4.79 Å². The molecule has 0 fully saturated rings. The van der Waals surface area contributed by atoms with Crippen molar-refractivity contribution in [2.45, 2.75) is 6.92 Å². The van der Waals surface area contributed by atoms with Crippen LogP contribution in [0, 0.1) is 11.7 Å². The van der Waals surface area contributed by atoms with Crippen molar-refractivity contribution in [3.63, 3.8) is 0 Å². The molecule has 0 aliphatic rings. The molecule has 0 amide bonds. The Kier molecular flexibility index (Phi) is 3.21. The van der Waals surface area contributed by atoms with Crippen LogP contribution in [0.5, 0.6) is 0 Å². The normalized spacial score (nSPS) is 11.2. The molecule has 0 saturated heterocycles. The summed E-state index contributed by atoms with van der Waals surface area (Å²) in [5.74, 6) is 0. The van der Waals surface area contributed by atoms with Crippen molar-refractivity contribution in [3.8, 4) is 5.69 Å². The summed E-state index contributed by atoms with van der Waals surface area (Å²) >= 11 is 5.39. The van der Waals surface area contributed by atoms with Gasteiger partial charge >= 0.3 is 5.63 Å². The highest BCUT2D eigenvalue weighted by molar-refractivity contribution is 7.71. The number of aromatic amines is 1. The van der Waals surface area contributed by atoms with E-state index < -0.39 is 5.63 Å². The van der Waals surface area contributed by atoms with Crippen LogP contribution in [-0.2, 0) is 0 Å². The summed E-state index contributed by atoms with van der Waals surface area (Å²) in [5, 5.41) is 1.29. The molecule has 0 spiro atoms. The van der Waals surface area contributed by atoms with Gasteiger partial charge in [-0.3, -0.25) is 9.36 Å². The zero-order chi connectivity index (χ0) is 16.8. The number of nitrogens with zero attached hydrogens (tertiary/aromatic N) is 1. The standard InChI is InChI=1S/C18H12N2O3S/c1-10-8-15-11(6-7-16(21)23-15)9-14(10)20-17(22)12-4-2-3-5-13(12)19-18(20)24/h2-9H,1H3,(H,19,24). The van der Waals surface area contributed by atoms with Gasteiger partial charge < -0.3 is 9.40 Å². The third-order valence-corrected chi connectivity index (χ3v) is 4.27. The first kappa shape index (κ1) is 14.6. The zero-order valence-electron chi connectivity index (χ0n) is 12.7. The highest BCUT2D eigenvalue weighted by atomic mass is 32.1. The molecule has 6 heteroatoms. The molecule has 0 aliphatic heterocycles. The van der Waals surface area contributed by atoms with Gasteiger partial charge in [-0.2, -0.15) is 0 Å².